The number of carbonyl (C=O) groups is 1. The first-order valence-electron chi connectivity index (χ1n) is 11.5. The van der Waals surface area contributed by atoms with Crippen molar-refractivity contribution < 1.29 is 17.6 Å². The molecule has 7 nitrogen and oxygen atoms in total. The van der Waals surface area contributed by atoms with Crippen LogP contribution in [-0.4, -0.2) is 51.9 Å². The molecule has 1 amide bonds. The molecular weight excluding hydrogens is 467 g/mol. The Morgan fingerprint density at radius 2 is 1.60 bits per heavy atom. The van der Waals surface area contributed by atoms with Gasteiger partial charge < -0.3 is 15.1 Å². The van der Waals surface area contributed by atoms with E-state index in [9.17, 15) is 17.6 Å². The minimum absolute atomic E-state index is 0.00192. The zero-order chi connectivity index (χ0) is 25.0. The molecule has 0 saturated carbocycles. The summed E-state index contributed by atoms with van der Waals surface area (Å²) in [7, 11) is -3.87. The SMILES string of the molecule is CCN1CCN(c2ccc(NC(=O)c3ccc(S(=O)(=O)Nc4ccc(F)cc4)cc3)c(C)c2)CC1. The number of nitrogens with zero attached hydrogens (tertiary/aromatic N) is 2. The van der Waals surface area contributed by atoms with Gasteiger partial charge in [0.15, 0.2) is 0 Å². The fraction of sp³-hybridized carbons (Fsp3) is 0.269. The first kappa shape index (κ1) is 24.7. The number of carbonyl (C=O) groups excluding carboxylic acids is 1. The van der Waals surface area contributed by atoms with Crippen LogP contribution in [0.3, 0.4) is 0 Å². The van der Waals surface area contributed by atoms with E-state index in [0.717, 1.165) is 44.0 Å². The van der Waals surface area contributed by atoms with Crippen LogP contribution < -0.4 is 14.9 Å². The predicted octanol–water partition coefficient (Wildman–Crippen LogP) is 4.33. The van der Waals surface area contributed by atoms with Gasteiger partial charge in [0.25, 0.3) is 15.9 Å². The Bertz CT molecular complexity index is 1290. The monoisotopic (exact) mass is 496 g/mol. The molecule has 3 aromatic rings. The van der Waals surface area contributed by atoms with Crippen LogP contribution in [0.5, 0.6) is 0 Å². The average Bonchev–Trinajstić information content (AvgIpc) is 2.86. The van der Waals surface area contributed by atoms with Gasteiger partial charge in [-0.1, -0.05) is 6.92 Å². The fourth-order valence-electron chi connectivity index (χ4n) is 4.02. The molecule has 0 radical (unpaired) electrons. The normalized spacial score (nSPS) is 14.5. The Kier molecular flexibility index (Phi) is 7.37. The maximum absolute atomic E-state index is 13.1. The van der Waals surface area contributed by atoms with Gasteiger partial charge in [-0.15, -0.1) is 0 Å². The summed E-state index contributed by atoms with van der Waals surface area (Å²) in [6.45, 7) is 9.23. The van der Waals surface area contributed by atoms with Crippen LogP contribution in [0.25, 0.3) is 0 Å². The van der Waals surface area contributed by atoms with Crippen molar-refractivity contribution in [2.24, 2.45) is 0 Å². The maximum atomic E-state index is 13.1. The third kappa shape index (κ3) is 5.98. The van der Waals surface area contributed by atoms with E-state index in [-0.39, 0.29) is 16.5 Å². The van der Waals surface area contributed by atoms with Gasteiger partial charge in [0.05, 0.1) is 4.90 Å². The molecule has 1 fully saturated rings. The molecule has 0 unspecified atom stereocenters. The van der Waals surface area contributed by atoms with Crippen molar-refractivity contribution in [3.8, 4) is 0 Å². The summed E-state index contributed by atoms with van der Waals surface area (Å²) in [5.41, 5.74) is 3.39. The van der Waals surface area contributed by atoms with Crippen LogP contribution in [0.2, 0.25) is 0 Å². The van der Waals surface area contributed by atoms with Crippen LogP contribution >= 0.6 is 0 Å². The number of benzene rings is 3. The van der Waals surface area contributed by atoms with Gasteiger partial charge in [-0.05, 0) is 85.8 Å². The summed E-state index contributed by atoms with van der Waals surface area (Å²) in [6.07, 6.45) is 0. The van der Waals surface area contributed by atoms with Gasteiger partial charge in [0.2, 0.25) is 0 Å². The van der Waals surface area contributed by atoms with Gasteiger partial charge in [-0.2, -0.15) is 0 Å². The van der Waals surface area contributed by atoms with Crippen LogP contribution in [0.1, 0.15) is 22.8 Å². The molecular formula is C26H29FN4O3S. The summed E-state index contributed by atoms with van der Waals surface area (Å²) in [5.74, 6) is -0.782. The van der Waals surface area contributed by atoms with Crippen molar-refractivity contribution in [2.75, 3.05) is 47.7 Å². The summed E-state index contributed by atoms with van der Waals surface area (Å²) < 4.78 is 40.6. The van der Waals surface area contributed by atoms with Crippen LogP contribution in [0, 0.1) is 12.7 Å². The third-order valence-electron chi connectivity index (χ3n) is 6.17. The number of hydrogen-bond acceptors (Lipinski definition) is 5. The first-order valence-corrected chi connectivity index (χ1v) is 13.0. The molecule has 1 aliphatic heterocycles. The number of likely N-dealkylation sites (N-methyl/N-ethyl adjacent to an activating group) is 1. The van der Waals surface area contributed by atoms with E-state index >= 15 is 0 Å². The molecule has 1 saturated heterocycles. The van der Waals surface area contributed by atoms with E-state index in [2.05, 4.69) is 32.8 Å². The van der Waals surface area contributed by atoms with Crippen LogP contribution in [-0.2, 0) is 10.0 Å². The molecule has 0 bridgehead atoms. The highest BCUT2D eigenvalue weighted by Gasteiger charge is 2.18. The average molecular weight is 497 g/mol. The largest absolute Gasteiger partial charge is 0.369 e. The molecule has 2 N–H and O–H groups in total. The first-order chi connectivity index (χ1) is 16.7. The van der Waals surface area contributed by atoms with Gasteiger partial charge in [-0.3, -0.25) is 9.52 Å². The second kappa shape index (κ2) is 10.5. The summed E-state index contributed by atoms with van der Waals surface area (Å²) in [4.78, 5) is 17.6. The van der Waals surface area contributed by atoms with Gasteiger partial charge in [-0.25, -0.2) is 12.8 Å². The minimum atomic E-state index is -3.87. The topological polar surface area (TPSA) is 81.8 Å². The lowest BCUT2D eigenvalue weighted by Gasteiger charge is -2.35. The van der Waals surface area contributed by atoms with Gasteiger partial charge >= 0.3 is 0 Å². The fourth-order valence-corrected chi connectivity index (χ4v) is 5.08. The Morgan fingerprint density at radius 1 is 0.943 bits per heavy atom. The molecule has 1 heterocycles. The van der Waals surface area contributed by atoms with E-state index in [0.29, 0.717) is 11.3 Å². The Balaban J connectivity index is 1.40. The number of rotatable bonds is 7. The summed E-state index contributed by atoms with van der Waals surface area (Å²) >= 11 is 0. The summed E-state index contributed by atoms with van der Waals surface area (Å²) in [6, 6.07) is 16.7. The quantitative estimate of drug-likeness (QED) is 0.509. The highest BCUT2D eigenvalue weighted by molar-refractivity contribution is 7.92. The van der Waals surface area contributed by atoms with E-state index in [1.165, 1.54) is 48.5 Å². The number of aryl methyl sites for hydroxylation is 1. The van der Waals surface area contributed by atoms with Crippen LogP contribution in [0.15, 0.2) is 71.6 Å². The number of amides is 1. The second-order valence-electron chi connectivity index (χ2n) is 8.51. The lowest BCUT2D eigenvalue weighted by Crippen LogP contribution is -2.46. The van der Waals surface area contributed by atoms with E-state index in [1.54, 1.807) is 0 Å². The molecule has 4 rings (SSSR count). The Morgan fingerprint density at radius 3 is 2.20 bits per heavy atom. The summed E-state index contributed by atoms with van der Waals surface area (Å²) in [5, 5.41) is 2.91. The lowest BCUT2D eigenvalue weighted by molar-refractivity contribution is 0.102. The van der Waals surface area contributed by atoms with E-state index in [4.69, 9.17) is 0 Å². The Hall–Kier alpha value is -3.43. The molecule has 184 valence electrons. The standard InChI is InChI=1S/C26H29FN4O3S/c1-3-30-14-16-31(17-15-30)23-10-13-25(19(2)18-23)28-26(32)20-4-11-24(12-5-20)35(33,34)29-22-8-6-21(27)7-9-22/h4-13,18,29H,3,14-17H2,1-2H3,(H,28,32). The van der Waals surface area contributed by atoms with Gasteiger partial charge in [0, 0.05) is 48.8 Å². The maximum Gasteiger partial charge on any atom is 0.261 e. The van der Waals surface area contributed by atoms with Crippen molar-refractivity contribution >= 4 is 33.0 Å². The minimum Gasteiger partial charge on any atom is -0.369 e. The number of piperazine rings is 1. The van der Waals surface area contributed by atoms with E-state index < -0.39 is 15.8 Å². The number of sulfonamides is 1. The van der Waals surface area contributed by atoms with Crippen molar-refractivity contribution in [2.45, 2.75) is 18.7 Å². The Labute approximate surface area is 205 Å². The van der Waals surface area contributed by atoms with Crippen molar-refractivity contribution in [3.05, 3.63) is 83.7 Å². The molecule has 3 aromatic carbocycles. The third-order valence-corrected chi connectivity index (χ3v) is 7.56. The molecule has 9 heteroatoms. The van der Waals surface area contributed by atoms with Crippen LogP contribution in [0.4, 0.5) is 21.5 Å². The highest BCUT2D eigenvalue weighted by atomic mass is 32.2. The van der Waals surface area contributed by atoms with Crippen molar-refractivity contribution in [1.82, 2.24) is 4.90 Å². The molecule has 0 spiro atoms. The number of anilines is 3. The zero-order valence-electron chi connectivity index (χ0n) is 19.8. The molecule has 1 aliphatic rings. The second-order valence-corrected chi connectivity index (χ2v) is 10.2. The van der Waals surface area contributed by atoms with Crippen molar-refractivity contribution in [3.63, 3.8) is 0 Å². The lowest BCUT2D eigenvalue weighted by atomic mass is 10.1. The van der Waals surface area contributed by atoms with Gasteiger partial charge in [0.1, 0.15) is 5.82 Å². The molecule has 35 heavy (non-hydrogen) atoms. The molecule has 0 aliphatic carbocycles. The van der Waals surface area contributed by atoms with E-state index in [1.807, 2.05) is 19.1 Å². The predicted molar refractivity (Wildman–Crippen MR) is 137 cm³/mol. The van der Waals surface area contributed by atoms with Crippen molar-refractivity contribution in [1.29, 1.82) is 0 Å². The molecule has 0 atom stereocenters. The number of halogens is 1. The highest BCUT2D eigenvalue weighted by Crippen LogP contribution is 2.25. The zero-order valence-corrected chi connectivity index (χ0v) is 20.6. The smallest absolute Gasteiger partial charge is 0.261 e. The number of hydrogen-bond donors (Lipinski definition) is 2. The molecule has 0 aromatic heterocycles. The number of nitrogens with one attached hydrogen (secondary N) is 2.